The molecule has 1 aromatic rings. The fourth-order valence-corrected chi connectivity index (χ4v) is 1.61. The largest absolute Gasteiger partial charge is 0.444 e. The zero-order chi connectivity index (χ0) is 13.6. The van der Waals surface area contributed by atoms with Gasteiger partial charge in [-0.15, -0.1) is 0 Å². The van der Waals surface area contributed by atoms with Crippen molar-refractivity contribution in [2.24, 2.45) is 0 Å². The molecule has 0 aliphatic carbocycles. The first kappa shape index (κ1) is 14.6. The molecule has 3 nitrogen and oxygen atoms in total. The molecule has 0 heterocycles. The first-order valence-corrected chi connectivity index (χ1v) is 6.49. The van der Waals surface area contributed by atoms with Gasteiger partial charge in [0.05, 0.1) is 0 Å². The molecule has 0 aliphatic heterocycles. The van der Waals surface area contributed by atoms with Gasteiger partial charge in [-0.3, -0.25) is 5.32 Å². The predicted octanol–water partition coefficient (Wildman–Crippen LogP) is 4.38. The zero-order valence-electron chi connectivity index (χ0n) is 11.7. The standard InChI is InChI=1S/C15H23NO2/c1-5-6-8-12-9-7-10-13(11-12)16-14(17)18-15(2,3)4/h7,9-11H,5-6,8H2,1-4H3,(H,16,17). The number of ether oxygens (including phenoxy) is 1. The Hall–Kier alpha value is -1.51. The summed E-state index contributed by atoms with van der Waals surface area (Å²) in [6, 6.07) is 7.91. The Bertz CT molecular complexity index is 394. The number of carbonyl (C=O) groups is 1. The number of rotatable bonds is 4. The highest BCUT2D eigenvalue weighted by Gasteiger charge is 2.16. The van der Waals surface area contributed by atoms with Crippen molar-refractivity contribution in [1.82, 2.24) is 0 Å². The van der Waals surface area contributed by atoms with E-state index in [2.05, 4.69) is 18.3 Å². The van der Waals surface area contributed by atoms with Crippen molar-refractivity contribution in [2.75, 3.05) is 5.32 Å². The lowest BCUT2D eigenvalue weighted by Gasteiger charge is -2.19. The molecule has 0 saturated heterocycles. The first-order valence-electron chi connectivity index (χ1n) is 6.49. The Kier molecular flexibility index (Phi) is 5.20. The van der Waals surface area contributed by atoms with Crippen LogP contribution in [0.25, 0.3) is 0 Å². The molecule has 0 spiro atoms. The van der Waals surface area contributed by atoms with Gasteiger partial charge in [-0.1, -0.05) is 25.5 Å². The maximum atomic E-state index is 11.6. The number of aryl methyl sites for hydroxylation is 1. The van der Waals surface area contributed by atoms with E-state index in [1.54, 1.807) is 0 Å². The third-order valence-electron chi connectivity index (χ3n) is 2.39. The lowest BCUT2D eigenvalue weighted by atomic mass is 10.1. The maximum absolute atomic E-state index is 11.6. The van der Waals surface area contributed by atoms with E-state index in [-0.39, 0.29) is 0 Å². The van der Waals surface area contributed by atoms with Crippen molar-refractivity contribution < 1.29 is 9.53 Å². The predicted molar refractivity (Wildman–Crippen MR) is 74.9 cm³/mol. The van der Waals surface area contributed by atoms with Gasteiger partial charge in [0.1, 0.15) is 5.60 Å². The van der Waals surface area contributed by atoms with Gasteiger partial charge in [-0.25, -0.2) is 4.79 Å². The molecule has 1 rings (SSSR count). The molecule has 0 aromatic heterocycles. The van der Waals surface area contributed by atoms with Crippen LogP contribution in [-0.4, -0.2) is 11.7 Å². The molecule has 1 aromatic carbocycles. The smallest absolute Gasteiger partial charge is 0.412 e. The second-order valence-electron chi connectivity index (χ2n) is 5.43. The summed E-state index contributed by atoms with van der Waals surface area (Å²) in [4.78, 5) is 11.6. The van der Waals surface area contributed by atoms with Crippen LogP contribution in [0.3, 0.4) is 0 Å². The third kappa shape index (κ3) is 5.71. The van der Waals surface area contributed by atoms with Gasteiger partial charge in [0.2, 0.25) is 0 Å². The molecule has 0 fully saturated rings. The number of nitrogens with one attached hydrogen (secondary N) is 1. The maximum Gasteiger partial charge on any atom is 0.412 e. The molecule has 0 aliphatic rings. The summed E-state index contributed by atoms with van der Waals surface area (Å²) in [6.07, 6.45) is 2.97. The minimum absolute atomic E-state index is 0.407. The Labute approximate surface area is 110 Å². The van der Waals surface area contributed by atoms with Gasteiger partial charge in [0.15, 0.2) is 0 Å². The molecule has 1 N–H and O–H groups in total. The minimum Gasteiger partial charge on any atom is -0.444 e. The van der Waals surface area contributed by atoms with E-state index in [4.69, 9.17) is 4.74 Å². The number of unbranched alkanes of at least 4 members (excludes halogenated alkanes) is 1. The van der Waals surface area contributed by atoms with Crippen LogP contribution in [0.5, 0.6) is 0 Å². The molecular formula is C15H23NO2. The Morgan fingerprint density at radius 3 is 2.67 bits per heavy atom. The molecule has 0 unspecified atom stereocenters. The monoisotopic (exact) mass is 249 g/mol. The highest BCUT2D eigenvalue weighted by atomic mass is 16.6. The van der Waals surface area contributed by atoms with Gasteiger partial charge in [0, 0.05) is 5.69 Å². The zero-order valence-corrected chi connectivity index (χ0v) is 11.7. The van der Waals surface area contributed by atoms with Crippen molar-refractivity contribution in [3.05, 3.63) is 29.8 Å². The molecular weight excluding hydrogens is 226 g/mol. The summed E-state index contributed by atoms with van der Waals surface area (Å²) in [5.74, 6) is 0. The van der Waals surface area contributed by atoms with Gasteiger partial charge in [0.25, 0.3) is 0 Å². The molecule has 0 saturated carbocycles. The van der Waals surface area contributed by atoms with Crippen LogP contribution in [0.1, 0.15) is 46.1 Å². The molecule has 100 valence electrons. The molecule has 3 heteroatoms. The van der Waals surface area contributed by atoms with E-state index in [0.29, 0.717) is 0 Å². The van der Waals surface area contributed by atoms with Crippen molar-refractivity contribution in [3.63, 3.8) is 0 Å². The van der Waals surface area contributed by atoms with Gasteiger partial charge in [-0.05, 0) is 51.3 Å². The van der Waals surface area contributed by atoms with Crippen molar-refractivity contribution in [1.29, 1.82) is 0 Å². The average Bonchev–Trinajstić information content (AvgIpc) is 2.24. The number of anilines is 1. The number of benzene rings is 1. The Balaban J connectivity index is 2.59. The fourth-order valence-electron chi connectivity index (χ4n) is 1.61. The second-order valence-corrected chi connectivity index (χ2v) is 5.43. The molecule has 0 radical (unpaired) electrons. The highest BCUT2D eigenvalue weighted by Crippen LogP contribution is 2.15. The number of carbonyl (C=O) groups excluding carboxylic acids is 1. The average molecular weight is 249 g/mol. The third-order valence-corrected chi connectivity index (χ3v) is 2.39. The lowest BCUT2D eigenvalue weighted by Crippen LogP contribution is -2.27. The summed E-state index contributed by atoms with van der Waals surface area (Å²) in [5, 5.41) is 2.75. The molecule has 0 atom stereocenters. The van der Waals surface area contributed by atoms with Crippen LogP contribution in [0.4, 0.5) is 10.5 Å². The molecule has 18 heavy (non-hydrogen) atoms. The molecule has 1 amide bonds. The van der Waals surface area contributed by atoms with Crippen LogP contribution in [-0.2, 0) is 11.2 Å². The Morgan fingerprint density at radius 2 is 2.06 bits per heavy atom. The normalized spacial score (nSPS) is 11.1. The fraction of sp³-hybridized carbons (Fsp3) is 0.533. The van der Waals surface area contributed by atoms with E-state index in [1.165, 1.54) is 12.0 Å². The molecule has 0 bridgehead atoms. The number of hydrogen-bond donors (Lipinski definition) is 1. The SMILES string of the molecule is CCCCc1cccc(NC(=O)OC(C)(C)C)c1. The van der Waals surface area contributed by atoms with Crippen LogP contribution < -0.4 is 5.32 Å². The van der Waals surface area contributed by atoms with Gasteiger partial charge >= 0.3 is 6.09 Å². The topological polar surface area (TPSA) is 38.3 Å². The lowest BCUT2D eigenvalue weighted by molar-refractivity contribution is 0.0636. The summed E-state index contributed by atoms with van der Waals surface area (Å²) in [5.41, 5.74) is 1.56. The van der Waals surface area contributed by atoms with Crippen molar-refractivity contribution in [2.45, 2.75) is 52.6 Å². The van der Waals surface area contributed by atoms with Crippen LogP contribution in [0, 0.1) is 0 Å². The van der Waals surface area contributed by atoms with Crippen molar-refractivity contribution in [3.8, 4) is 0 Å². The van der Waals surface area contributed by atoms with E-state index in [9.17, 15) is 4.79 Å². The van der Waals surface area contributed by atoms with Crippen LogP contribution >= 0.6 is 0 Å². The van der Waals surface area contributed by atoms with E-state index in [1.807, 2.05) is 39.0 Å². The number of amides is 1. The number of hydrogen-bond acceptors (Lipinski definition) is 2. The van der Waals surface area contributed by atoms with E-state index >= 15 is 0 Å². The minimum atomic E-state index is -0.468. The summed E-state index contributed by atoms with van der Waals surface area (Å²) in [6.45, 7) is 7.72. The quantitative estimate of drug-likeness (QED) is 0.860. The van der Waals surface area contributed by atoms with Gasteiger partial charge < -0.3 is 4.74 Å². The highest BCUT2D eigenvalue weighted by molar-refractivity contribution is 5.84. The van der Waals surface area contributed by atoms with Crippen molar-refractivity contribution >= 4 is 11.8 Å². The van der Waals surface area contributed by atoms with Crippen LogP contribution in [0.15, 0.2) is 24.3 Å². The Morgan fingerprint density at radius 1 is 1.33 bits per heavy atom. The summed E-state index contributed by atoms with van der Waals surface area (Å²) >= 11 is 0. The van der Waals surface area contributed by atoms with E-state index < -0.39 is 11.7 Å². The summed E-state index contributed by atoms with van der Waals surface area (Å²) < 4.78 is 5.21. The first-order chi connectivity index (χ1) is 8.40. The van der Waals surface area contributed by atoms with E-state index in [0.717, 1.165) is 18.5 Å². The second kappa shape index (κ2) is 6.43. The van der Waals surface area contributed by atoms with Crippen LogP contribution in [0.2, 0.25) is 0 Å². The van der Waals surface area contributed by atoms with Gasteiger partial charge in [-0.2, -0.15) is 0 Å². The summed E-state index contributed by atoms with van der Waals surface area (Å²) in [7, 11) is 0.